The predicted octanol–water partition coefficient (Wildman–Crippen LogP) is 1.90. The molecule has 9 heavy (non-hydrogen) atoms. The zero-order valence-electron chi connectivity index (χ0n) is 6.42. The van der Waals surface area contributed by atoms with Crippen LogP contribution in [0.25, 0.3) is 0 Å². The summed E-state index contributed by atoms with van der Waals surface area (Å²) in [6.45, 7) is 6.18. The van der Waals surface area contributed by atoms with Crippen molar-refractivity contribution < 1.29 is 5.11 Å². The Morgan fingerprint density at radius 2 is 1.89 bits per heavy atom. The maximum Gasteiger partial charge on any atom is 0.0520 e. The standard InChI is InChI=1S/C7H16OS/c1-6(2)9-5-4-7(3)8/h6-8H,4-5H2,1-3H3. The highest BCUT2D eigenvalue weighted by atomic mass is 32.2. The summed E-state index contributed by atoms with van der Waals surface area (Å²) in [5.74, 6) is 1.08. The van der Waals surface area contributed by atoms with Gasteiger partial charge in [-0.1, -0.05) is 13.8 Å². The van der Waals surface area contributed by atoms with Crippen LogP contribution in [0.5, 0.6) is 0 Å². The van der Waals surface area contributed by atoms with Gasteiger partial charge < -0.3 is 5.11 Å². The summed E-state index contributed by atoms with van der Waals surface area (Å²) >= 11 is 1.90. The second kappa shape index (κ2) is 5.12. The first-order valence-corrected chi connectivity index (χ1v) is 4.47. The van der Waals surface area contributed by atoms with E-state index in [1.54, 1.807) is 0 Å². The largest absolute Gasteiger partial charge is 0.393 e. The number of thioether (sulfide) groups is 1. The molecule has 0 aromatic rings. The number of hydrogen-bond acceptors (Lipinski definition) is 2. The van der Waals surface area contributed by atoms with Gasteiger partial charge in [-0.15, -0.1) is 0 Å². The van der Waals surface area contributed by atoms with Crippen molar-refractivity contribution in [2.45, 2.75) is 38.5 Å². The molecule has 0 bridgehead atoms. The highest BCUT2D eigenvalue weighted by molar-refractivity contribution is 7.99. The molecule has 0 aliphatic rings. The maximum atomic E-state index is 8.85. The van der Waals surface area contributed by atoms with E-state index in [4.69, 9.17) is 5.11 Å². The molecule has 0 fully saturated rings. The fraction of sp³-hybridized carbons (Fsp3) is 1.00. The molecule has 0 radical (unpaired) electrons. The van der Waals surface area contributed by atoms with E-state index < -0.39 is 0 Å². The van der Waals surface area contributed by atoms with E-state index >= 15 is 0 Å². The van der Waals surface area contributed by atoms with Crippen molar-refractivity contribution in [3.8, 4) is 0 Å². The zero-order chi connectivity index (χ0) is 7.28. The number of rotatable bonds is 4. The molecule has 0 rings (SSSR count). The molecule has 0 aliphatic carbocycles. The van der Waals surface area contributed by atoms with E-state index in [0.29, 0.717) is 5.25 Å². The lowest BCUT2D eigenvalue weighted by Gasteiger charge is -2.05. The van der Waals surface area contributed by atoms with Gasteiger partial charge in [0.15, 0.2) is 0 Å². The molecule has 1 nitrogen and oxygen atoms in total. The first-order valence-electron chi connectivity index (χ1n) is 3.42. The van der Waals surface area contributed by atoms with E-state index in [-0.39, 0.29) is 6.10 Å². The number of hydrogen-bond donors (Lipinski definition) is 1. The topological polar surface area (TPSA) is 20.2 Å². The van der Waals surface area contributed by atoms with Gasteiger partial charge in [-0.2, -0.15) is 11.8 Å². The van der Waals surface area contributed by atoms with Crippen LogP contribution >= 0.6 is 11.8 Å². The van der Waals surface area contributed by atoms with Crippen molar-refractivity contribution in [1.82, 2.24) is 0 Å². The van der Waals surface area contributed by atoms with Crippen molar-refractivity contribution in [1.29, 1.82) is 0 Å². The molecule has 0 heterocycles. The Labute approximate surface area is 61.8 Å². The van der Waals surface area contributed by atoms with Gasteiger partial charge in [0.1, 0.15) is 0 Å². The van der Waals surface area contributed by atoms with Crippen molar-refractivity contribution in [3.05, 3.63) is 0 Å². The first-order chi connectivity index (χ1) is 4.13. The van der Waals surface area contributed by atoms with Crippen molar-refractivity contribution >= 4 is 11.8 Å². The predicted molar refractivity (Wildman–Crippen MR) is 43.9 cm³/mol. The summed E-state index contributed by atoms with van der Waals surface area (Å²) in [7, 11) is 0. The lowest BCUT2D eigenvalue weighted by molar-refractivity contribution is 0.192. The second-order valence-electron chi connectivity index (χ2n) is 2.56. The molecular formula is C7H16OS. The molecule has 0 spiro atoms. The van der Waals surface area contributed by atoms with Crippen LogP contribution in [-0.2, 0) is 0 Å². The van der Waals surface area contributed by atoms with Crippen LogP contribution in [0.3, 0.4) is 0 Å². The summed E-state index contributed by atoms with van der Waals surface area (Å²) in [5.41, 5.74) is 0. The van der Waals surface area contributed by atoms with Gasteiger partial charge in [0, 0.05) is 0 Å². The third-order valence-corrected chi connectivity index (χ3v) is 2.12. The van der Waals surface area contributed by atoms with Crippen LogP contribution in [0.15, 0.2) is 0 Å². The Morgan fingerprint density at radius 1 is 1.33 bits per heavy atom. The summed E-state index contributed by atoms with van der Waals surface area (Å²) in [6.07, 6.45) is 0.791. The SMILES string of the molecule is CC(O)CCSC(C)C. The molecule has 0 saturated heterocycles. The Balaban J connectivity index is 2.91. The molecule has 2 heteroatoms. The molecule has 0 amide bonds. The summed E-state index contributed by atoms with van der Waals surface area (Å²) in [4.78, 5) is 0. The lowest BCUT2D eigenvalue weighted by atomic mass is 10.3. The van der Waals surface area contributed by atoms with Crippen LogP contribution < -0.4 is 0 Å². The molecule has 1 atom stereocenters. The van der Waals surface area contributed by atoms with Crippen molar-refractivity contribution in [2.24, 2.45) is 0 Å². The Kier molecular flexibility index (Phi) is 5.30. The van der Waals surface area contributed by atoms with Crippen molar-refractivity contribution in [2.75, 3.05) is 5.75 Å². The number of aliphatic hydroxyl groups is 1. The third kappa shape index (κ3) is 8.31. The van der Waals surface area contributed by atoms with E-state index in [0.717, 1.165) is 12.2 Å². The van der Waals surface area contributed by atoms with Crippen molar-refractivity contribution in [3.63, 3.8) is 0 Å². The fourth-order valence-electron chi connectivity index (χ4n) is 0.474. The average Bonchev–Trinajstić information content (AvgIpc) is 1.63. The summed E-state index contributed by atoms with van der Waals surface area (Å²) < 4.78 is 0. The monoisotopic (exact) mass is 148 g/mol. The molecule has 0 saturated carbocycles. The Morgan fingerprint density at radius 3 is 2.22 bits per heavy atom. The lowest BCUT2D eigenvalue weighted by Crippen LogP contribution is -2.02. The van der Waals surface area contributed by atoms with Gasteiger partial charge in [-0.05, 0) is 24.3 Å². The van der Waals surface area contributed by atoms with Crippen LogP contribution in [0, 0.1) is 0 Å². The molecule has 0 aromatic carbocycles. The smallest absolute Gasteiger partial charge is 0.0520 e. The van der Waals surface area contributed by atoms with Crippen LogP contribution in [0.2, 0.25) is 0 Å². The maximum absolute atomic E-state index is 8.85. The van der Waals surface area contributed by atoms with Gasteiger partial charge in [0.25, 0.3) is 0 Å². The molecule has 0 aliphatic heterocycles. The quantitative estimate of drug-likeness (QED) is 0.657. The van der Waals surface area contributed by atoms with Crippen LogP contribution in [0.1, 0.15) is 27.2 Å². The minimum absolute atomic E-state index is 0.128. The number of aliphatic hydroxyl groups excluding tert-OH is 1. The van der Waals surface area contributed by atoms with Gasteiger partial charge in [-0.25, -0.2) is 0 Å². The highest BCUT2D eigenvalue weighted by Gasteiger charge is 1.96. The van der Waals surface area contributed by atoms with E-state index in [1.165, 1.54) is 0 Å². The third-order valence-electron chi connectivity index (χ3n) is 0.987. The molecule has 1 N–H and O–H groups in total. The normalized spacial score (nSPS) is 14.3. The van der Waals surface area contributed by atoms with E-state index in [9.17, 15) is 0 Å². The minimum atomic E-state index is -0.128. The molecular weight excluding hydrogens is 132 g/mol. The second-order valence-corrected chi connectivity index (χ2v) is 4.24. The van der Waals surface area contributed by atoms with Gasteiger partial charge in [-0.3, -0.25) is 0 Å². The van der Waals surface area contributed by atoms with Crippen LogP contribution in [-0.4, -0.2) is 22.2 Å². The summed E-state index contributed by atoms with van der Waals surface area (Å²) in [5, 5.41) is 9.55. The van der Waals surface area contributed by atoms with Gasteiger partial charge >= 0.3 is 0 Å². The fourth-order valence-corrected chi connectivity index (χ4v) is 1.42. The Hall–Kier alpha value is 0.310. The summed E-state index contributed by atoms with van der Waals surface area (Å²) in [6, 6.07) is 0. The molecule has 0 aromatic heterocycles. The van der Waals surface area contributed by atoms with Gasteiger partial charge in [0.2, 0.25) is 0 Å². The highest BCUT2D eigenvalue weighted by Crippen LogP contribution is 2.10. The zero-order valence-corrected chi connectivity index (χ0v) is 7.24. The van der Waals surface area contributed by atoms with Gasteiger partial charge in [0.05, 0.1) is 6.10 Å². The van der Waals surface area contributed by atoms with Crippen LogP contribution in [0.4, 0.5) is 0 Å². The average molecular weight is 148 g/mol. The molecule has 1 unspecified atom stereocenters. The molecule has 56 valence electrons. The van der Waals surface area contributed by atoms with E-state index in [1.807, 2.05) is 18.7 Å². The minimum Gasteiger partial charge on any atom is -0.393 e. The first kappa shape index (κ1) is 9.31. The van der Waals surface area contributed by atoms with E-state index in [2.05, 4.69) is 13.8 Å². The Bertz CT molecular complexity index is 53.9.